The number of hydrogen-bond donors (Lipinski definition) is 1. The van der Waals surface area contributed by atoms with Gasteiger partial charge in [0.05, 0.1) is 15.5 Å². The summed E-state index contributed by atoms with van der Waals surface area (Å²) in [5.74, 6) is -1.04. The van der Waals surface area contributed by atoms with Gasteiger partial charge in [0, 0.05) is 18.3 Å². The summed E-state index contributed by atoms with van der Waals surface area (Å²) < 4.78 is 25.5. The number of halogens is 2. The lowest BCUT2D eigenvalue weighted by atomic mass is 10.1. The molecule has 126 valence electrons. The third kappa shape index (κ3) is 3.16. The minimum atomic E-state index is -3.07. The van der Waals surface area contributed by atoms with Gasteiger partial charge in [-0.2, -0.15) is 18.6 Å². The summed E-state index contributed by atoms with van der Waals surface area (Å²) in [7, 11) is 0. The second-order valence-corrected chi connectivity index (χ2v) is 4.55. The molecule has 1 aromatic carbocycles. The van der Waals surface area contributed by atoms with Gasteiger partial charge in [-0.15, -0.1) is 0 Å². The first-order valence-corrected chi connectivity index (χ1v) is 6.28. The first-order valence-electron chi connectivity index (χ1n) is 6.28. The molecule has 0 aliphatic carbocycles. The molecule has 0 fully saturated rings. The SMILES string of the molecule is Cc1c([N+](=O)[O-])cc(NC(=O)c2ccnn2C(F)F)cc1[N+](=O)[O-]. The van der Waals surface area contributed by atoms with Crippen molar-refractivity contribution in [2.45, 2.75) is 13.5 Å². The maximum Gasteiger partial charge on any atom is 0.333 e. The van der Waals surface area contributed by atoms with Crippen molar-refractivity contribution < 1.29 is 23.4 Å². The molecule has 1 aromatic heterocycles. The van der Waals surface area contributed by atoms with Crippen LogP contribution in [0.15, 0.2) is 24.4 Å². The summed E-state index contributed by atoms with van der Waals surface area (Å²) in [5, 5.41) is 27.3. The molecule has 2 rings (SSSR count). The number of amides is 1. The Morgan fingerprint density at radius 3 is 2.25 bits per heavy atom. The van der Waals surface area contributed by atoms with Crippen molar-refractivity contribution in [3.8, 4) is 0 Å². The van der Waals surface area contributed by atoms with Gasteiger partial charge in [-0.1, -0.05) is 0 Å². The van der Waals surface area contributed by atoms with Crippen LogP contribution in [-0.2, 0) is 0 Å². The van der Waals surface area contributed by atoms with Gasteiger partial charge in [-0.25, -0.2) is 0 Å². The number of carbonyl (C=O) groups is 1. The lowest BCUT2D eigenvalue weighted by Crippen LogP contribution is -2.18. The topological polar surface area (TPSA) is 133 Å². The number of hydrogen-bond acceptors (Lipinski definition) is 6. The average molecular weight is 341 g/mol. The molecule has 12 heteroatoms. The number of benzene rings is 1. The fourth-order valence-corrected chi connectivity index (χ4v) is 1.98. The maximum absolute atomic E-state index is 12.7. The maximum atomic E-state index is 12.7. The molecule has 24 heavy (non-hydrogen) atoms. The highest BCUT2D eigenvalue weighted by Gasteiger charge is 2.25. The predicted molar refractivity (Wildman–Crippen MR) is 75.9 cm³/mol. The van der Waals surface area contributed by atoms with E-state index in [1.165, 1.54) is 6.92 Å². The van der Waals surface area contributed by atoms with Crippen LogP contribution in [0.1, 0.15) is 22.6 Å². The number of aromatic nitrogens is 2. The van der Waals surface area contributed by atoms with Crippen molar-refractivity contribution in [3.63, 3.8) is 0 Å². The lowest BCUT2D eigenvalue weighted by Gasteiger charge is -2.08. The van der Waals surface area contributed by atoms with Gasteiger partial charge in [0.2, 0.25) is 0 Å². The van der Waals surface area contributed by atoms with E-state index in [4.69, 9.17) is 0 Å². The normalized spacial score (nSPS) is 10.7. The smallest absolute Gasteiger partial charge is 0.320 e. The van der Waals surface area contributed by atoms with E-state index in [9.17, 15) is 33.8 Å². The highest BCUT2D eigenvalue weighted by Crippen LogP contribution is 2.32. The molecule has 0 bridgehead atoms. The Morgan fingerprint density at radius 2 is 1.79 bits per heavy atom. The number of nitrogens with zero attached hydrogens (tertiary/aromatic N) is 4. The Labute approximate surface area is 132 Å². The summed E-state index contributed by atoms with van der Waals surface area (Å²) in [6.07, 6.45) is 0.973. The largest absolute Gasteiger partial charge is 0.333 e. The fourth-order valence-electron chi connectivity index (χ4n) is 1.98. The molecule has 0 atom stereocenters. The minimum Gasteiger partial charge on any atom is -0.320 e. The molecule has 1 N–H and O–H groups in total. The van der Waals surface area contributed by atoms with Crippen LogP contribution < -0.4 is 5.32 Å². The molecule has 1 amide bonds. The monoisotopic (exact) mass is 341 g/mol. The number of anilines is 1. The van der Waals surface area contributed by atoms with Crippen LogP contribution in [0.25, 0.3) is 0 Å². The number of carbonyl (C=O) groups excluding carboxylic acids is 1. The first kappa shape index (κ1) is 16.9. The predicted octanol–water partition coefficient (Wildman–Crippen LogP) is 2.66. The van der Waals surface area contributed by atoms with Gasteiger partial charge in [-0.3, -0.25) is 25.0 Å². The second-order valence-electron chi connectivity index (χ2n) is 4.55. The van der Waals surface area contributed by atoms with Gasteiger partial charge in [0.1, 0.15) is 11.3 Å². The van der Waals surface area contributed by atoms with Crippen LogP contribution in [0.4, 0.5) is 25.8 Å². The second kappa shape index (κ2) is 6.36. The van der Waals surface area contributed by atoms with Gasteiger partial charge in [0.25, 0.3) is 17.3 Å². The molecule has 0 saturated heterocycles. The zero-order valence-electron chi connectivity index (χ0n) is 12.0. The third-order valence-corrected chi connectivity index (χ3v) is 3.09. The summed E-state index contributed by atoms with van der Waals surface area (Å²) in [4.78, 5) is 32.2. The molecule has 0 saturated carbocycles. The number of alkyl halides is 2. The Kier molecular flexibility index (Phi) is 4.48. The Morgan fingerprint density at radius 1 is 1.25 bits per heavy atom. The van der Waals surface area contributed by atoms with E-state index in [0.717, 1.165) is 24.4 Å². The van der Waals surface area contributed by atoms with Gasteiger partial charge in [-0.05, 0) is 13.0 Å². The summed E-state index contributed by atoms with van der Waals surface area (Å²) in [5.41, 5.74) is -2.13. The van der Waals surface area contributed by atoms with Gasteiger partial charge >= 0.3 is 6.55 Å². The Balaban J connectivity index is 2.42. The molecule has 2 aromatic rings. The van der Waals surface area contributed by atoms with Crippen molar-refractivity contribution in [3.05, 3.63) is 55.9 Å². The van der Waals surface area contributed by atoms with Crippen LogP contribution in [0.5, 0.6) is 0 Å². The van der Waals surface area contributed by atoms with E-state index < -0.39 is 39.4 Å². The molecule has 10 nitrogen and oxygen atoms in total. The van der Waals surface area contributed by atoms with Crippen LogP contribution >= 0.6 is 0 Å². The molecule has 0 aliphatic rings. The van der Waals surface area contributed by atoms with E-state index in [-0.39, 0.29) is 15.9 Å². The fraction of sp³-hybridized carbons (Fsp3) is 0.167. The minimum absolute atomic E-state index is 0.145. The third-order valence-electron chi connectivity index (χ3n) is 3.09. The highest BCUT2D eigenvalue weighted by atomic mass is 19.3. The summed E-state index contributed by atoms with van der Waals surface area (Å²) >= 11 is 0. The van der Waals surface area contributed by atoms with Crippen molar-refractivity contribution >= 4 is 23.0 Å². The highest BCUT2D eigenvalue weighted by molar-refractivity contribution is 6.03. The average Bonchev–Trinajstić information content (AvgIpc) is 2.98. The molecule has 0 unspecified atom stereocenters. The van der Waals surface area contributed by atoms with Gasteiger partial charge < -0.3 is 5.32 Å². The van der Waals surface area contributed by atoms with Crippen molar-refractivity contribution in [2.75, 3.05) is 5.32 Å². The molecule has 1 heterocycles. The van der Waals surface area contributed by atoms with Crippen molar-refractivity contribution in [1.29, 1.82) is 0 Å². The zero-order valence-corrected chi connectivity index (χ0v) is 12.0. The molecule has 0 aliphatic heterocycles. The van der Waals surface area contributed by atoms with E-state index in [2.05, 4.69) is 10.4 Å². The standard InChI is InChI=1S/C12H9F2N5O5/c1-6-9(18(21)22)4-7(5-10(6)19(23)24)16-11(20)8-2-3-15-17(8)12(13)14/h2-5,12H,1H3,(H,16,20). The number of nitro benzene ring substituents is 2. The van der Waals surface area contributed by atoms with E-state index >= 15 is 0 Å². The molecular formula is C12H9F2N5O5. The summed E-state index contributed by atoms with van der Waals surface area (Å²) in [6.45, 7) is -1.88. The van der Waals surface area contributed by atoms with Crippen LogP contribution in [0.3, 0.4) is 0 Å². The van der Waals surface area contributed by atoms with Crippen LogP contribution in [0.2, 0.25) is 0 Å². The Hall–Kier alpha value is -3.44. The number of nitro groups is 2. The van der Waals surface area contributed by atoms with E-state index in [0.29, 0.717) is 0 Å². The molecule has 0 radical (unpaired) electrons. The van der Waals surface area contributed by atoms with E-state index in [1.54, 1.807) is 0 Å². The van der Waals surface area contributed by atoms with E-state index in [1.807, 2.05) is 0 Å². The number of rotatable bonds is 5. The number of nitrogens with one attached hydrogen (secondary N) is 1. The quantitative estimate of drug-likeness (QED) is 0.656. The first-order chi connectivity index (χ1) is 11.2. The molecular weight excluding hydrogens is 332 g/mol. The zero-order chi connectivity index (χ0) is 18.0. The van der Waals surface area contributed by atoms with Crippen molar-refractivity contribution in [1.82, 2.24) is 9.78 Å². The van der Waals surface area contributed by atoms with Crippen molar-refractivity contribution in [2.24, 2.45) is 0 Å². The molecule has 0 spiro atoms. The van der Waals surface area contributed by atoms with Crippen LogP contribution in [0, 0.1) is 27.2 Å². The lowest BCUT2D eigenvalue weighted by molar-refractivity contribution is -0.395. The van der Waals surface area contributed by atoms with Crippen LogP contribution in [-0.4, -0.2) is 25.5 Å². The Bertz CT molecular complexity index is 800. The summed E-state index contributed by atoms with van der Waals surface area (Å²) in [6, 6.07) is 2.82. The van der Waals surface area contributed by atoms with Gasteiger partial charge in [0.15, 0.2) is 0 Å².